The summed E-state index contributed by atoms with van der Waals surface area (Å²) in [5.41, 5.74) is 2.62. The standard InChI is InChI=1S/C14H14FN5S/c1-3-19-13(17-18-14(19)21)12-8-16-20(9(12)2)11-6-4-10(15)5-7-11/h4-8H,3H2,1-2H3,(H,18,21). The molecule has 7 heteroatoms. The van der Waals surface area contributed by atoms with Crippen LogP contribution in [0.25, 0.3) is 17.1 Å². The fourth-order valence-corrected chi connectivity index (χ4v) is 2.55. The van der Waals surface area contributed by atoms with Crippen LogP contribution in [0.1, 0.15) is 12.6 Å². The summed E-state index contributed by atoms with van der Waals surface area (Å²) in [7, 11) is 0. The number of hydrogen-bond donors (Lipinski definition) is 1. The third-order valence-corrected chi connectivity index (χ3v) is 3.71. The van der Waals surface area contributed by atoms with Crippen molar-refractivity contribution in [3.05, 3.63) is 46.7 Å². The lowest BCUT2D eigenvalue weighted by Crippen LogP contribution is -2.01. The van der Waals surface area contributed by atoms with Crippen molar-refractivity contribution >= 4 is 12.2 Å². The molecule has 2 heterocycles. The van der Waals surface area contributed by atoms with Crippen molar-refractivity contribution in [2.75, 3.05) is 0 Å². The van der Waals surface area contributed by atoms with Gasteiger partial charge in [-0.25, -0.2) is 9.07 Å². The normalized spacial score (nSPS) is 11.0. The SMILES string of the molecule is CCn1c(-c2cnn(-c3ccc(F)cc3)c2C)n[nH]c1=S. The molecule has 2 aromatic heterocycles. The number of H-pyrrole nitrogens is 1. The van der Waals surface area contributed by atoms with Crippen molar-refractivity contribution in [2.45, 2.75) is 20.4 Å². The second-order valence-electron chi connectivity index (χ2n) is 4.63. The molecule has 0 bridgehead atoms. The van der Waals surface area contributed by atoms with E-state index < -0.39 is 0 Å². The van der Waals surface area contributed by atoms with Crippen molar-refractivity contribution in [3.8, 4) is 17.1 Å². The fraction of sp³-hybridized carbons (Fsp3) is 0.214. The van der Waals surface area contributed by atoms with E-state index in [-0.39, 0.29) is 5.82 Å². The highest BCUT2D eigenvalue weighted by atomic mass is 32.1. The van der Waals surface area contributed by atoms with E-state index in [1.54, 1.807) is 23.0 Å². The summed E-state index contributed by atoms with van der Waals surface area (Å²) in [5.74, 6) is 0.490. The first-order valence-corrected chi connectivity index (χ1v) is 6.98. The first kappa shape index (κ1) is 13.7. The van der Waals surface area contributed by atoms with Crippen LogP contribution in [-0.2, 0) is 6.54 Å². The number of hydrogen-bond acceptors (Lipinski definition) is 3. The number of aromatic amines is 1. The van der Waals surface area contributed by atoms with Crippen LogP contribution in [0.15, 0.2) is 30.5 Å². The van der Waals surface area contributed by atoms with Gasteiger partial charge in [0.25, 0.3) is 0 Å². The van der Waals surface area contributed by atoms with Crippen molar-refractivity contribution < 1.29 is 4.39 Å². The van der Waals surface area contributed by atoms with E-state index in [9.17, 15) is 4.39 Å². The monoisotopic (exact) mass is 303 g/mol. The summed E-state index contributed by atoms with van der Waals surface area (Å²) < 4.78 is 17.3. The number of nitrogens with one attached hydrogen (secondary N) is 1. The van der Waals surface area contributed by atoms with Gasteiger partial charge in [0, 0.05) is 6.54 Å². The molecule has 0 saturated heterocycles. The molecule has 0 unspecified atom stereocenters. The molecule has 0 amide bonds. The minimum atomic E-state index is -0.268. The number of nitrogens with zero attached hydrogens (tertiary/aromatic N) is 4. The van der Waals surface area contributed by atoms with Crippen LogP contribution in [0.3, 0.4) is 0 Å². The minimum Gasteiger partial charge on any atom is -0.300 e. The molecule has 3 rings (SSSR count). The van der Waals surface area contributed by atoms with Crippen molar-refractivity contribution in [1.29, 1.82) is 0 Å². The van der Waals surface area contributed by atoms with E-state index in [1.807, 2.05) is 18.4 Å². The Bertz CT molecular complexity index is 828. The van der Waals surface area contributed by atoms with Gasteiger partial charge < -0.3 is 4.57 Å². The highest BCUT2D eigenvalue weighted by Crippen LogP contribution is 2.23. The Labute approximate surface area is 126 Å². The zero-order valence-electron chi connectivity index (χ0n) is 11.7. The van der Waals surface area contributed by atoms with E-state index in [0.29, 0.717) is 4.77 Å². The minimum absolute atomic E-state index is 0.268. The third-order valence-electron chi connectivity index (χ3n) is 3.40. The van der Waals surface area contributed by atoms with E-state index in [1.165, 1.54) is 12.1 Å². The zero-order valence-corrected chi connectivity index (χ0v) is 12.5. The van der Waals surface area contributed by atoms with Gasteiger partial charge in [-0.05, 0) is 50.3 Å². The predicted molar refractivity (Wildman–Crippen MR) is 80.3 cm³/mol. The molecule has 0 spiro atoms. The molecule has 5 nitrogen and oxygen atoms in total. The van der Waals surface area contributed by atoms with E-state index in [4.69, 9.17) is 12.2 Å². The van der Waals surface area contributed by atoms with E-state index in [0.717, 1.165) is 29.3 Å². The van der Waals surface area contributed by atoms with Gasteiger partial charge in [0.15, 0.2) is 10.6 Å². The summed E-state index contributed by atoms with van der Waals surface area (Å²) in [5, 5.41) is 11.4. The van der Waals surface area contributed by atoms with E-state index >= 15 is 0 Å². The van der Waals surface area contributed by atoms with Gasteiger partial charge in [-0.3, -0.25) is 5.10 Å². The first-order chi connectivity index (χ1) is 10.1. The molecule has 0 fully saturated rings. The highest BCUT2D eigenvalue weighted by Gasteiger charge is 2.15. The van der Waals surface area contributed by atoms with Crippen LogP contribution in [0.2, 0.25) is 0 Å². The van der Waals surface area contributed by atoms with Gasteiger partial charge >= 0.3 is 0 Å². The number of benzene rings is 1. The van der Waals surface area contributed by atoms with Crippen LogP contribution in [-0.4, -0.2) is 24.5 Å². The van der Waals surface area contributed by atoms with Crippen LogP contribution in [0.5, 0.6) is 0 Å². The average molecular weight is 303 g/mol. The van der Waals surface area contributed by atoms with Gasteiger partial charge in [-0.2, -0.15) is 10.2 Å². The topological polar surface area (TPSA) is 51.4 Å². The predicted octanol–water partition coefficient (Wildman–Crippen LogP) is 3.26. The lowest BCUT2D eigenvalue weighted by Gasteiger charge is -2.06. The van der Waals surface area contributed by atoms with Crippen molar-refractivity contribution in [2.24, 2.45) is 0 Å². The first-order valence-electron chi connectivity index (χ1n) is 6.58. The summed E-state index contributed by atoms with van der Waals surface area (Å²) >= 11 is 5.21. The molecule has 108 valence electrons. The molecule has 0 saturated carbocycles. The largest absolute Gasteiger partial charge is 0.300 e. The quantitative estimate of drug-likeness (QED) is 0.756. The molecular formula is C14H14FN5S. The molecule has 0 radical (unpaired) electrons. The van der Waals surface area contributed by atoms with Crippen LogP contribution < -0.4 is 0 Å². The molecule has 21 heavy (non-hydrogen) atoms. The Hall–Kier alpha value is -2.28. The molecular weight excluding hydrogens is 289 g/mol. The number of rotatable bonds is 3. The lowest BCUT2D eigenvalue weighted by atomic mass is 10.2. The van der Waals surface area contributed by atoms with Crippen LogP contribution >= 0.6 is 12.2 Å². The smallest absolute Gasteiger partial charge is 0.195 e. The third kappa shape index (κ3) is 2.29. The Morgan fingerprint density at radius 2 is 2.00 bits per heavy atom. The van der Waals surface area contributed by atoms with Gasteiger partial charge in [0.05, 0.1) is 23.1 Å². The maximum absolute atomic E-state index is 13.0. The second kappa shape index (κ2) is 5.25. The summed E-state index contributed by atoms with van der Waals surface area (Å²) in [6.07, 6.45) is 1.75. The van der Waals surface area contributed by atoms with Gasteiger partial charge in [-0.15, -0.1) is 0 Å². The summed E-state index contributed by atoms with van der Waals surface area (Å²) in [6, 6.07) is 6.21. The highest BCUT2D eigenvalue weighted by molar-refractivity contribution is 7.71. The molecule has 0 atom stereocenters. The zero-order chi connectivity index (χ0) is 15.0. The Balaban J connectivity index is 2.11. The molecule has 1 aromatic carbocycles. The maximum atomic E-state index is 13.0. The van der Waals surface area contributed by atoms with Crippen molar-refractivity contribution in [3.63, 3.8) is 0 Å². The summed E-state index contributed by atoms with van der Waals surface area (Å²) in [6.45, 7) is 4.68. The Morgan fingerprint density at radius 3 is 2.67 bits per heavy atom. The molecule has 1 N–H and O–H groups in total. The molecule has 0 aliphatic carbocycles. The van der Waals surface area contributed by atoms with Gasteiger partial charge in [-0.1, -0.05) is 0 Å². The van der Waals surface area contributed by atoms with Crippen LogP contribution in [0, 0.1) is 17.5 Å². The Morgan fingerprint density at radius 1 is 1.29 bits per heavy atom. The lowest BCUT2D eigenvalue weighted by molar-refractivity contribution is 0.627. The summed E-state index contributed by atoms with van der Waals surface area (Å²) in [4.78, 5) is 0. The Kier molecular flexibility index (Phi) is 3.42. The molecule has 0 aliphatic rings. The average Bonchev–Trinajstić information content (AvgIpc) is 3.03. The van der Waals surface area contributed by atoms with Gasteiger partial charge in [0.2, 0.25) is 0 Å². The fourth-order valence-electron chi connectivity index (χ4n) is 2.29. The van der Waals surface area contributed by atoms with E-state index in [2.05, 4.69) is 15.3 Å². The second-order valence-corrected chi connectivity index (χ2v) is 5.02. The molecule has 3 aromatic rings. The molecule has 0 aliphatic heterocycles. The van der Waals surface area contributed by atoms with Crippen molar-refractivity contribution in [1.82, 2.24) is 24.5 Å². The number of halogens is 1. The number of aromatic nitrogens is 5. The van der Waals surface area contributed by atoms with Crippen LogP contribution in [0.4, 0.5) is 4.39 Å². The van der Waals surface area contributed by atoms with Gasteiger partial charge in [0.1, 0.15) is 5.82 Å². The maximum Gasteiger partial charge on any atom is 0.195 e.